The zero-order valence-corrected chi connectivity index (χ0v) is 16.3. The molecule has 1 aromatic heterocycles. The predicted molar refractivity (Wildman–Crippen MR) is 110 cm³/mol. The molecule has 146 valence electrons. The van der Waals surface area contributed by atoms with Gasteiger partial charge in [-0.1, -0.05) is 31.0 Å². The molecule has 2 N–H and O–H groups in total. The number of guanidine groups is 1. The Morgan fingerprint density at radius 3 is 2.63 bits per heavy atom. The molecule has 1 saturated heterocycles. The van der Waals surface area contributed by atoms with Gasteiger partial charge in [0.1, 0.15) is 6.26 Å². The fourth-order valence-corrected chi connectivity index (χ4v) is 3.37. The monoisotopic (exact) mass is 369 g/mol. The maximum Gasteiger partial charge on any atom is 0.226 e. The summed E-state index contributed by atoms with van der Waals surface area (Å²) in [4.78, 5) is 11.4. The van der Waals surface area contributed by atoms with Crippen molar-refractivity contribution in [3.63, 3.8) is 0 Å². The fourth-order valence-electron chi connectivity index (χ4n) is 3.37. The summed E-state index contributed by atoms with van der Waals surface area (Å²) in [5.41, 5.74) is 1.85. The first-order chi connectivity index (χ1) is 13.3. The molecule has 0 aliphatic carbocycles. The van der Waals surface area contributed by atoms with Crippen molar-refractivity contribution < 1.29 is 4.42 Å². The van der Waals surface area contributed by atoms with E-state index in [0.717, 1.165) is 36.7 Å². The number of aliphatic imine (C=N–C) groups is 1. The summed E-state index contributed by atoms with van der Waals surface area (Å²) in [6.45, 7) is 5.17. The Morgan fingerprint density at radius 1 is 1.11 bits per heavy atom. The minimum absolute atomic E-state index is 0.585. The number of likely N-dealkylation sites (tertiary alicyclic amines) is 1. The molecule has 0 atom stereocenters. The molecule has 2 aromatic rings. The lowest BCUT2D eigenvalue weighted by Gasteiger charge is -2.20. The molecule has 0 saturated carbocycles. The molecule has 0 spiro atoms. The van der Waals surface area contributed by atoms with Crippen LogP contribution in [-0.2, 0) is 6.54 Å². The average Bonchev–Trinajstić information content (AvgIpc) is 3.04. The van der Waals surface area contributed by atoms with Gasteiger partial charge in [-0.3, -0.25) is 4.99 Å². The SMILES string of the molecule is CN=C(NCCCN1CCCCCC1)NCc1coc(-c2ccccc2)n1. The summed E-state index contributed by atoms with van der Waals surface area (Å²) in [5, 5.41) is 6.69. The maximum absolute atomic E-state index is 5.58. The average molecular weight is 370 g/mol. The highest BCUT2D eigenvalue weighted by Crippen LogP contribution is 2.17. The topological polar surface area (TPSA) is 65.7 Å². The first-order valence-corrected chi connectivity index (χ1v) is 10.0. The van der Waals surface area contributed by atoms with Gasteiger partial charge in [0.05, 0.1) is 12.2 Å². The summed E-state index contributed by atoms with van der Waals surface area (Å²) >= 11 is 0. The van der Waals surface area contributed by atoms with Crippen LogP contribution in [0, 0.1) is 0 Å². The van der Waals surface area contributed by atoms with Gasteiger partial charge in [0.15, 0.2) is 5.96 Å². The van der Waals surface area contributed by atoms with Crippen LogP contribution in [0.25, 0.3) is 11.5 Å². The molecule has 1 aliphatic rings. The Kier molecular flexibility index (Phi) is 7.71. The molecule has 1 aliphatic heterocycles. The second kappa shape index (κ2) is 10.7. The number of oxazole rings is 1. The van der Waals surface area contributed by atoms with Gasteiger partial charge < -0.3 is 20.0 Å². The molecule has 27 heavy (non-hydrogen) atoms. The normalized spacial score (nSPS) is 16.1. The zero-order valence-electron chi connectivity index (χ0n) is 16.3. The highest BCUT2D eigenvalue weighted by atomic mass is 16.3. The molecule has 0 radical (unpaired) electrons. The Bertz CT molecular complexity index is 690. The lowest BCUT2D eigenvalue weighted by atomic mass is 10.2. The minimum Gasteiger partial charge on any atom is -0.444 e. The van der Waals surface area contributed by atoms with Crippen LogP contribution in [0.1, 0.15) is 37.8 Å². The van der Waals surface area contributed by atoms with E-state index in [4.69, 9.17) is 4.42 Å². The molecular formula is C21H31N5O. The largest absolute Gasteiger partial charge is 0.444 e. The van der Waals surface area contributed by atoms with Crippen molar-refractivity contribution in [3.05, 3.63) is 42.3 Å². The fraction of sp³-hybridized carbons (Fsp3) is 0.524. The van der Waals surface area contributed by atoms with Crippen molar-refractivity contribution in [1.29, 1.82) is 0 Å². The molecule has 6 nitrogen and oxygen atoms in total. The van der Waals surface area contributed by atoms with Gasteiger partial charge in [-0.25, -0.2) is 4.98 Å². The maximum atomic E-state index is 5.58. The minimum atomic E-state index is 0.585. The third-order valence-electron chi connectivity index (χ3n) is 4.88. The van der Waals surface area contributed by atoms with E-state index in [-0.39, 0.29) is 0 Å². The first-order valence-electron chi connectivity index (χ1n) is 10.0. The Labute approximate surface area is 162 Å². The number of hydrogen-bond donors (Lipinski definition) is 2. The predicted octanol–water partition coefficient (Wildman–Crippen LogP) is 3.27. The van der Waals surface area contributed by atoms with Crippen molar-refractivity contribution >= 4 is 5.96 Å². The number of aromatic nitrogens is 1. The lowest BCUT2D eigenvalue weighted by Crippen LogP contribution is -2.38. The van der Waals surface area contributed by atoms with E-state index < -0.39 is 0 Å². The molecule has 0 amide bonds. The number of benzene rings is 1. The molecule has 2 heterocycles. The highest BCUT2D eigenvalue weighted by molar-refractivity contribution is 5.79. The number of hydrogen-bond acceptors (Lipinski definition) is 4. The molecule has 0 bridgehead atoms. The van der Waals surface area contributed by atoms with E-state index >= 15 is 0 Å². The van der Waals surface area contributed by atoms with Crippen molar-refractivity contribution in [1.82, 2.24) is 20.5 Å². The lowest BCUT2D eigenvalue weighted by molar-refractivity contribution is 0.282. The summed E-state index contributed by atoms with van der Waals surface area (Å²) in [5.74, 6) is 1.45. The van der Waals surface area contributed by atoms with Gasteiger partial charge in [0.25, 0.3) is 0 Å². The van der Waals surface area contributed by atoms with Gasteiger partial charge in [0.2, 0.25) is 5.89 Å². The van der Waals surface area contributed by atoms with Crippen LogP contribution in [0.2, 0.25) is 0 Å². The van der Waals surface area contributed by atoms with Gasteiger partial charge >= 0.3 is 0 Å². The van der Waals surface area contributed by atoms with E-state index in [0.29, 0.717) is 12.4 Å². The Hall–Kier alpha value is -2.34. The van der Waals surface area contributed by atoms with E-state index in [2.05, 4.69) is 25.5 Å². The molecule has 6 heteroatoms. The quantitative estimate of drug-likeness (QED) is 0.445. The van der Waals surface area contributed by atoms with Crippen molar-refractivity contribution in [2.75, 3.05) is 33.2 Å². The summed E-state index contributed by atoms with van der Waals surface area (Å²) in [6.07, 6.45) is 8.29. The molecule has 1 aromatic carbocycles. The number of rotatable bonds is 7. The Balaban J connectivity index is 1.37. The van der Waals surface area contributed by atoms with E-state index in [9.17, 15) is 0 Å². The third-order valence-corrected chi connectivity index (χ3v) is 4.88. The van der Waals surface area contributed by atoms with Gasteiger partial charge in [-0.15, -0.1) is 0 Å². The molecule has 0 unspecified atom stereocenters. The van der Waals surface area contributed by atoms with Crippen LogP contribution in [0.5, 0.6) is 0 Å². The van der Waals surface area contributed by atoms with Crippen molar-refractivity contribution in [2.24, 2.45) is 4.99 Å². The van der Waals surface area contributed by atoms with Crippen LogP contribution in [-0.4, -0.2) is 49.1 Å². The molecule has 3 rings (SSSR count). The summed E-state index contributed by atoms with van der Waals surface area (Å²) in [7, 11) is 1.79. The Morgan fingerprint density at radius 2 is 1.89 bits per heavy atom. The van der Waals surface area contributed by atoms with Crippen LogP contribution in [0.4, 0.5) is 0 Å². The van der Waals surface area contributed by atoms with Crippen LogP contribution < -0.4 is 10.6 Å². The van der Waals surface area contributed by atoms with E-state index in [1.807, 2.05) is 30.3 Å². The van der Waals surface area contributed by atoms with Gasteiger partial charge in [-0.2, -0.15) is 0 Å². The standard InChI is InChI=1S/C21H31N5O/c1-22-21(23-12-9-15-26-13-7-2-3-8-14-26)24-16-19-17-27-20(25-19)18-10-5-4-6-11-18/h4-6,10-11,17H,2-3,7-9,12-16H2,1H3,(H2,22,23,24). The molecule has 1 fully saturated rings. The second-order valence-corrected chi connectivity index (χ2v) is 6.97. The highest BCUT2D eigenvalue weighted by Gasteiger charge is 2.09. The first kappa shape index (κ1) is 19.4. The van der Waals surface area contributed by atoms with E-state index in [1.165, 1.54) is 38.8 Å². The third kappa shape index (κ3) is 6.40. The van der Waals surface area contributed by atoms with Gasteiger partial charge in [-0.05, 0) is 51.0 Å². The smallest absolute Gasteiger partial charge is 0.226 e. The van der Waals surface area contributed by atoms with Gasteiger partial charge in [0, 0.05) is 19.2 Å². The van der Waals surface area contributed by atoms with Crippen molar-refractivity contribution in [3.8, 4) is 11.5 Å². The van der Waals surface area contributed by atoms with Crippen LogP contribution in [0.15, 0.2) is 46.0 Å². The number of nitrogens with one attached hydrogen (secondary N) is 2. The zero-order chi connectivity index (χ0) is 18.7. The van der Waals surface area contributed by atoms with E-state index in [1.54, 1.807) is 13.3 Å². The summed E-state index contributed by atoms with van der Waals surface area (Å²) in [6, 6.07) is 9.93. The van der Waals surface area contributed by atoms with Crippen molar-refractivity contribution in [2.45, 2.75) is 38.6 Å². The number of nitrogens with zero attached hydrogens (tertiary/aromatic N) is 3. The second-order valence-electron chi connectivity index (χ2n) is 6.97. The van der Waals surface area contributed by atoms with Crippen LogP contribution in [0.3, 0.4) is 0 Å². The summed E-state index contributed by atoms with van der Waals surface area (Å²) < 4.78 is 5.58. The van der Waals surface area contributed by atoms with Crippen LogP contribution >= 0.6 is 0 Å². The molecular weight excluding hydrogens is 338 g/mol.